The standard InChI is InChI=1S/C16H25N3S/c1-12-8-14(13(2)20-12)9-18-15(16(3,4)5)10-19-7-6-17-11-19/h6-8,11,15,18H,9-10H2,1-5H3. The SMILES string of the molecule is Cc1cc(CNC(Cn2ccnc2)C(C)(C)C)c(C)s1. The molecule has 4 heteroatoms. The van der Waals surface area contributed by atoms with Gasteiger partial charge in [-0.05, 0) is 30.9 Å². The summed E-state index contributed by atoms with van der Waals surface area (Å²) in [5.41, 5.74) is 1.64. The van der Waals surface area contributed by atoms with E-state index in [0.717, 1.165) is 13.1 Å². The molecule has 0 fully saturated rings. The van der Waals surface area contributed by atoms with Crippen LogP contribution in [0, 0.1) is 19.3 Å². The van der Waals surface area contributed by atoms with Gasteiger partial charge in [-0.25, -0.2) is 4.98 Å². The van der Waals surface area contributed by atoms with Crippen LogP contribution < -0.4 is 5.32 Å². The molecule has 1 atom stereocenters. The van der Waals surface area contributed by atoms with E-state index in [1.165, 1.54) is 15.3 Å². The van der Waals surface area contributed by atoms with Gasteiger partial charge < -0.3 is 9.88 Å². The Morgan fingerprint density at radius 3 is 2.60 bits per heavy atom. The third kappa shape index (κ3) is 3.93. The Bertz CT molecular complexity index is 535. The lowest BCUT2D eigenvalue weighted by Gasteiger charge is -2.32. The normalized spacial score (nSPS) is 13.7. The molecular weight excluding hydrogens is 266 g/mol. The van der Waals surface area contributed by atoms with E-state index in [-0.39, 0.29) is 5.41 Å². The average Bonchev–Trinajstić information content (AvgIpc) is 2.93. The smallest absolute Gasteiger partial charge is 0.0946 e. The Balaban J connectivity index is 2.03. The highest BCUT2D eigenvalue weighted by molar-refractivity contribution is 7.12. The van der Waals surface area contributed by atoms with Crippen LogP contribution in [-0.4, -0.2) is 15.6 Å². The molecule has 2 rings (SSSR count). The number of thiophene rings is 1. The first kappa shape index (κ1) is 15.3. The molecule has 0 aromatic carbocycles. The van der Waals surface area contributed by atoms with Gasteiger partial charge in [-0.2, -0.15) is 0 Å². The third-order valence-corrected chi connectivity index (χ3v) is 4.69. The largest absolute Gasteiger partial charge is 0.336 e. The summed E-state index contributed by atoms with van der Waals surface area (Å²) in [6.07, 6.45) is 5.76. The topological polar surface area (TPSA) is 29.9 Å². The van der Waals surface area contributed by atoms with Crippen LogP contribution in [0.15, 0.2) is 24.8 Å². The van der Waals surface area contributed by atoms with Crippen molar-refractivity contribution >= 4 is 11.3 Å². The van der Waals surface area contributed by atoms with Crippen LogP contribution >= 0.6 is 11.3 Å². The molecule has 0 radical (unpaired) electrons. The van der Waals surface area contributed by atoms with Crippen molar-refractivity contribution in [2.45, 2.75) is 53.8 Å². The highest BCUT2D eigenvalue weighted by Crippen LogP contribution is 2.24. The van der Waals surface area contributed by atoms with E-state index < -0.39 is 0 Å². The zero-order valence-corrected chi connectivity index (χ0v) is 13.9. The van der Waals surface area contributed by atoms with Crippen LogP contribution in [0.1, 0.15) is 36.1 Å². The number of hydrogen-bond acceptors (Lipinski definition) is 3. The third-order valence-electron chi connectivity index (χ3n) is 3.68. The van der Waals surface area contributed by atoms with Crippen LogP contribution in [0.4, 0.5) is 0 Å². The molecule has 3 nitrogen and oxygen atoms in total. The van der Waals surface area contributed by atoms with Crippen molar-refractivity contribution in [3.63, 3.8) is 0 Å². The second kappa shape index (κ2) is 6.10. The van der Waals surface area contributed by atoms with Crippen molar-refractivity contribution in [2.75, 3.05) is 0 Å². The Kier molecular flexibility index (Phi) is 4.66. The lowest BCUT2D eigenvalue weighted by Crippen LogP contribution is -2.43. The number of aromatic nitrogens is 2. The zero-order valence-electron chi connectivity index (χ0n) is 13.1. The van der Waals surface area contributed by atoms with E-state index in [2.05, 4.69) is 55.6 Å². The lowest BCUT2D eigenvalue weighted by atomic mass is 9.86. The van der Waals surface area contributed by atoms with Crippen molar-refractivity contribution in [3.05, 3.63) is 40.1 Å². The molecule has 20 heavy (non-hydrogen) atoms. The Morgan fingerprint density at radius 2 is 2.10 bits per heavy atom. The van der Waals surface area contributed by atoms with Crippen molar-refractivity contribution in [1.82, 2.24) is 14.9 Å². The predicted molar refractivity (Wildman–Crippen MR) is 86.1 cm³/mol. The number of rotatable bonds is 5. The molecule has 0 saturated carbocycles. The highest BCUT2D eigenvalue weighted by atomic mass is 32.1. The van der Waals surface area contributed by atoms with Crippen molar-refractivity contribution in [3.8, 4) is 0 Å². The molecule has 2 aromatic heterocycles. The first-order valence-electron chi connectivity index (χ1n) is 7.11. The van der Waals surface area contributed by atoms with Crippen LogP contribution in [0.3, 0.4) is 0 Å². The number of imidazole rings is 1. The molecule has 0 saturated heterocycles. The fraction of sp³-hybridized carbons (Fsp3) is 0.562. The van der Waals surface area contributed by atoms with E-state index in [1.54, 1.807) is 0 Å². The maximum Gasteiger partial charge on any atom is 0.0946 e. The van der Waals surface area contributed by atoms with Gasteiger partial charge in [0.1, 0.15) is 0 Å². The monoisotopic (exact) mass is 291 g/mol. The van der Waals surface area contributed by atoms with E-state index in [0.29, 0.717) is 6.04 Å². The van der Waals surface area contributed by atoms with Gasteiger partial charge in [-0.1, -0.05) is 20.8 Å². The van der Waals surface area contributed by atoms with Gasteiger partial charge in [0.05, 0.1) is 6.33 Å². The summed E-state index contributed by atoms with van der Waals surface area (Å²) in [5, 5.41) is 3.73. The van der Waals surface area contributed by atoms with E-state index >= 15 is 0 Å². The minimum absolute atomic E-state index is 0.212. The quantitative estimate of drug-likeness (QED) is 0.909. The lowest BCUT2D eigenvalue weighted by molar-refractivity contribution is 0.240. The van der Waals surface area contributed by atoms with Gasteiger partial charge >= 0.3 is 0 Å². The van der Waals surface area contributed by atoms with Gasteiger partial charge in [-0.3, -0.25) is 0 Å². The summed E-state index contributed by atoms with van der Waals surface area (Å²) in [5.74, 6) is 0. The molecule has 2 heterocycles. The van der Waals surface area contributed by atoms with Crippen LogP contribution in [0.5, 0.6) is 0 Å². The molecular formula is C16H25N3S. The van der Waals surface area contributed by atoms with Gasteiger partial charge in [0, 0.05) is 41.3 Å². The minimum atomic E-state index is 0.212. The summed E-state index contributed by atoms with van der Waals surface area (Å²) in [6.45, 7) is 13.1. The van der Waals surface area contributed by atoms with E-state index in [1.807, 2.05) is 30.1 Å². The molecule has 0 aliphatic heterocycles. The average molecular weight is 291 g/mol. The minimum Gasteiger partial charge on any atom is -0.336 e. The Morgan fingerprint density at radius 1 is 1.35 bits per heavy atom. The molecule has 0 amide bonds. The first-order chi connectivity index (χ1) is 9.36. The van der Waals surface area contributed by atoms with Gasteiger partial charge in [0.15, 0.2) is 0 Å². The molecule has 1 N–H and O–H groups in total. The summed E-state index contributed by atoms with van der Waals surface area (Å²) in [6, 6.07) is 2.71. The van der Waals surface area contributed by atoms with Crippen LogP contribution in [-0.2, 0) is 13.1 Å². The van der Waals surface area contributed by atoms with Crippen LogP contribution in [0.2, 0.25) is 0 Å². The van der Waals surface area contributed by atoms with Crippen LogP contribution in [0.25, 0.3) is 0 Å². The Labute approximate surface area is 126 Å². The molecule has 0 spiro atoms. The number of aryl methyl sites for hydroxylation is 2. The molecule has 0 aliphatic carbocycles. The maximum atomic E-state index is 4.13. The Hall–Kier alpha value is -1.13. The fourth-order valence-electron chi connectivity index (χ4n) is 2.34. The van der Waals surface area contributed by atoms with E-state index in [4.69, 9.17) is 0 Å². The highest BCUT2D eigenvalue weighted by Gasteiger charge is 2.24. The molecule has 1 unspecified atom stereocenters. The van der Waals surface area contributed by atoms with E-state index in [9.17, 15) is 0 Å². The number of nitrogens with zero attached hydrogens (tertiary/aromatic N) is 2. The van der Waals surface area contributed by atoms with Gasteiger partial charge in [-0.15, -0.1) is 11.3 Å². The number of hydrogen-bond donors (Lipinski definition) is 1. The second-order valence-electron chi connectivity index (χ2n) is 6.50. The van der Waals surface area contributed by atoms with Crippen molar-refractivity contribution < 1.29 is 0 Å². The van der Waals surface area contributed by atoms with Crippen molar-refractivity contribution in [2.24, 2.45) is 5.41 Å². The second-order valence-corrected chi connectivity index (χ2v) is 7.96. The molecule has 110 valence electrons. The molecule has 0 aliphatic rings. The fourth-order valence-corrected chi connectivity index (χ4v) is 3.29. The van der Waals surface area contributed by atoms with Gasteiger partial charge in [0.2, 0.25) is 0 Å². The summed E-state index contributed by atoms with van der Waals surface area (Å²) in [7, 11) is 0. The van der Waals surface area contributed by atoms with Gasteiger partial charge in [0.25, 0.3) is 0 Å². The number of nitrogens with one attached hydrogen (secondary N) is 1. The summed E-state index contributed by atoms with van der Waals surface area (Å²) in [4.78, 5) is 6.94. The summed E-state index contributed by atoms with van der Waals surface area (Å²) >= 11 is 1.88. The molecule has 2 aromatic rings. The summed E-state index contributed by atoms with van der Waals surface area (Å²) < 4.78 is 2.15. The maximum absolute atomic E-state index is 4.13. The predicted octanol–water partition coefficient (Wildman–Crippen LogP) is 3.77. The van der Waals surface area contributed by atoms with Crippen molar-refractivity contribution in [1.29, 1.82) is 0 Å². The first-order valence-corrected chi connectivity index (χ1v) is 7.93. The zero-order chi connectivity index (χ0) is 14.8. The molecule has 0 bridgehead atoms.